The van der Waals surface area contributed by atoms with Gasteiger partial charge < -0.3 is 14.6 Å². The number of carbonyl (C=O) groups is 1. The van der Waals surface area contributed by atoms with Crippen molar-refractivity contribution in [2.75, 3.05) is 13.7 Å². The smallest absolute Gasteiger partial charge is 0.341 e. The molecule has 0 amide bonds. The van der Waals surface area contributed by atoms with Crippen LogP contribution in [-0.4, -0.2) is 31.0 Å². The monoisotopic (exact) mass is 381 g/mol. The largest absolute Gasteiger partial charge is 0.504 e. The predicted octanol–water partition coefficient (Wildman–Crippen LogP) is 5.06. The molecule has 1 heterocycles. The summed E-state index contributed by atoms with van der Waals surface area (Å²) < 4.78 is 10.3. The van der Waals surface area contributed by atoms with Crippen molar-refractivity contribution < 1.29 is 19.4 Å². The van der Waals surface area contributed by atoms with Gasteiger partial charge in [0.05, 0.1) is 13.7 Å². The molecule has 138 valence electrons. The molecule has 0 spiro atoms. The lowest BCUT2D eigenvalue weighted by atomic mass is 10.0. The van der Waals surface area contributed by atoms with Gasteiger partial charge in [0, 0.05) is 17.2 Å². The van der Waals surface area contributed by atoms with Crippen LogP contribution in [0.25, 0.3) is 11.1 Å². The SMILES string of the molecule is CCOC(=O)c1c(-c2ccccc2)csc1/N=C/c1ccc(O)c(OC)c1. The van der Waals surface area contributed by atoms with E-state index in [-0.39, 0.29) is 5.75 Å². The molecule has 27 heavy (non-hydrogen) atoms. The number of esters is 1. The minimum atomic E-state index is -0.395. The third kappa shape index (κ3) is 4.17. The molecule has 0 bridgehead atoms. The van der Waals surface area contributed by atoms with Crippen molar-refractivity contribution in [1.29, 1.82) is 0 Å². The lowest BCUT2D eigenvalue weighted by molar-refractivity contribution is 0.0529. The van der Waals surface area contributed by atoms with Crippen molar-refractivity contribution in [2.24, 2.45) is 4.99 Å². The minimum absolute atomic E-state index is 0.0596. The lowest BCUT2D eigenvalue weighted by Crippen LogP contribution is -2.05. The maximum Gasteiger partial charge on any atom is 0.341 e. The van der Waals surface area contributed by atoms with Crippen molar-refractivity contribution in [1.82, 2.24) is 0 Å². The average Bonchev–Trinajstić information content (AvgIpc) is 3.12. The molecule has 2 aromatic carbocycles. The van der Waals surface area contributed by atoms with E-state index < -0.39 is 5.97 Å². The fraction of sp³-hybridized carbons (Fsp3) is 0.143. The Kier molecular flexibility index (Phi) is 5.88. The van der Waals surface area contributed by atoms with E-state index >= 15 is 0 Å². The van der Waals surface area contributed by atoms with Crippen LogP contribution in [0, 0.1) is 0 Å². The Balaban J connectivity index is 2.00. The molecule has 0 atom stereocenters. The summed E-state index contributed by atoms with van der Waals surface area (Å²) in [6.45, 7) is 2.07. The number of rotatable bonds is 6. The van der Waals surface area contributed by atoms with Gasteiger partial charge in [0.1, 0.15) is 10.6 Å². The van der Waals surface area contributed by atoms with Gasteiger partial charge in [-0.2, -0.15) is 0 Å². The van der Waals surface area contributed by atoms with E-state index in [9.17, 15) is 9.90 Å². The molecule has 0 fully saturated rings. The number of thiophene rings is 1. The van der Waals surface area contributed by atoms with Crippen LogP contribution < -0.4 is 4.74 Å². The number of aliphatic imine (C=N–C) groups is 1. The fourth-order valence-corrected chi connectivity index (χ4v) is 3.49. The quantitative estimate of drug-likeness (QED) is 0.479. The van der Waals surface area contributed by atoms with E-state index in [1.807, 2.05) is 35.7 Å². The lowest BCUT2D eigenvalue weighted by Gasteiger charge is -2.06. The van der Waals surface area contributed by atoms with Crippen LogP contribution in [-0.2, 0) is 4.74 Å². The maximum absolute atomic E-state index is 12.5. The molecule has 1 aromatic heterocycles. The Bertz CT molecular complexity index is 964. The number of hydrogen-bond acceptors (Lipinski definition) is 6. The van der Waals surface area contributed by atoms with Gasteiger partial charge in [-0.05, 0) is 36.2 Å². The standard InChI is InChI=1S/C21H19NO4S/c1-3-26-21(24)19-16(15-7-5-4-6-8-15)13-27-20(19)22-12-14-9-10-17(23)18(11-14)25-2/h4-13,23H,3H2,1-2H3/b22-12+. The number of ether oxygens (including phenoxy) is 2. The molecule has 0 aliphatic heterocycles. The van der Waals surface area contributed by atoms with Crippen LogP contribution >= 0.6 is 11.3 Å². The molecule has 0 aliphatic carbocycles. The van der Waals surface area contributed by atoms with E-state index in [4.69, 9.17) is 9.47 Å². The van der Waals surface area contributed by atoms with Crippen LogP contribution in [0.2, 0.25) is 0 Å². The van der Waals surface area contributed by atoms with Crippen LogP contribution in [0.3, 0.4) is 0 Å². The molecule has 1 N–H and O–H groups in total. The number of hydrogen-bond donors (Lipinski definition) is 1. The molecule has 0 saturated heterocycles. The maximum atomic E-state index is 12.5. The number of carbonyl (C=O) groups excluding carboxylic acids is 1. The molecule has 3 rings (SSSR count). The molecular formula is C21H19NO4S. The van der Waals surface area contributed by atoms with Crippen LogP contribution in [0.1, 0.15) is 22.8 Å². The van der Waals surface area contributed by atoms with E-state index in [2.05, 4.69) is 4.99 Å². The highest BCUT2D eigenvalue weighted by molar-refractivity contribution is 7.14. The topological polar surface area (TPSA) is 68.1 Å². The van der Waals surface area contributed by atoms with Crippen molar-refractivity contribution in [3.63, 3.8) is 0 Å². The van der Waals surface area contributed by atoms with E-state index in [0.29, 0.717) is 22.9 Å². The predicted molar refractivity (Wildman–Crippen MR) is 108 cm³/mol. The molecule has 0 aliphatic rings. The first-order chi connectivity index (χ1) is 13.1. The molecule has 0 unspecified atom stereocenters. The van der Waals surface area contributed by atoms with E-state index in [1.165, 1.54) is 24.5 Å². The van der Waals surface area contributed by atoms with Gasteiger partial charge in [-0.15, -0.1) is 11.3 Å². The molecule has 0 radical (unpaired) electrons. The van der Waals surface area contributed by atoms with Gasteiger partial charge in [0.2, 0.25) is 0 Å². The highest BCUT2D eigenvalue weighted by Gasteiger charge is 2.21. The molecule has 6 heteroatoms. The van der Waals surface area contributed by atoms with Gasteiger partial charge in [0.25, 0.3) is 0 Å². The van der Waals surface area contributed by atoms with Gasteiger partial charge in [-0.25, -0.2) is 9.79 Å². The van der Waals surface area contributed by atoms with Crippen LogP contribution in [0.15, 0.2) is 58.9 Å². The number of nitrogens with zero attached hydrogens (tertiary/aromatic N) is 1. The fourth-order valence-electron chi connectivity index (χ4n) is 2.58. The average molecular weight is 381 g/mol. The van der Waals surface area contributed by atoms with Crippen molar-refractivity contribution in [2.45, 2.75) is 6.92 Å². The zero-order chi connectivity index (χ0) is 19.2. The summed E-state index contributed by atoms with van der Waals surface area (Å²) in [7, 11) is 1.49. The summed E-state index contributed by atoms with van der Waals surface area (Å²) in [5.41, 5.74) is 2.93. The van der Waals surface area contributed by atoms with Gasteiger partial charge in [0.15, 0.2) is 11.5 Å². The number of methoxy groups -OCH3 is 1. The Morgan fingerprint density at radius 3 is 2.70 bits per heavy atom. The second-order valence-corrected chi connectivity index (χ2v) is 6.46. The Morgan fingerprint density at radius 2 is 2.00 bits per heavy atom. The molecule has 5 nitrogen and oxygen atoms in total. The zero-order valence-electron chi connectivity index (χ0n) is 15.0. The first-order valence-electron chi connectivity index (χ1n) is 8.39. The van der Waals surface area contributed by atoms with E-state index in [1.54, 1.807) is 25.3 Å². The first kappa shape index (κ1) is 18.7. The summed E-state index contributed by atoms with van der Waals surface area (Å²) >= 11 is 1.38. The van der Waals surface area contributed by atoms with Crippen molar-refractivity contribution in [3.8, 4) is 22.6 Å². The van der Waals surface area contributed by atoms with Crippen molar-refractivity contribution in [3.05, 3.63) is 65.0 Å². The van der Waals surface area contributed by atoms with Gasteiger partial charge >= 0.3 is 5.97 Å². The number of aromatic hydroxyl groups is 1. The third-order valence-electron chi connectivity index (χ3n) is 3.87. The van der Waals surface area contributed by atoms with Crippen LogP contribution in [0.5, 0.6) is 11.5 Å². The summed E-state index contributed by atoms with van der Waals surface area (Å²) in [5.74, 6) is 0.0260. The Morgan fingerprint density at radius 1 is 1.22 bits per heavy atom. The number of phenols is 1. The molecule has 0 saturated carbocycles. The summed E-state index contributed by atoms with van der Waals surface area (Å²) in [6.07, 6.45) is 1.63. The van der Waals surface area contributed by atoms with Gasteiger partial charge in [-0.3, -0.25) is 0 Å². The third-order valence-corrected chi connectivity index (χ3v) is 4.76. The normalized spacial score (nSPS) is 10.9. The van der Waals surface area contributed by atoms with Gasteiger partial charge in [-0.1, -0.05) is 30.3 Å². The second kappa shape index (κ2) is 8.51. The summed E-state index contributed by atoms with van der Waals surface area (Å²) in [5, 5.41) is 12.2. The first-order valence-corrected chi connectivity index (χ1v) is 9.27. The summed E-state index contributed by atoms with van der Waals surface area (Å²) in [6, 6.07) is 14.6. The molecule has 3 aromatic rings. The van der Waals surface area contributed by atoms with Crippen molar-refractivity contribution >= 4 is 28.5 Å². The summed E-state index contributed by atoms with van der Waals surface area (Å²) in [4.78, 5) is 17.0. The highest BCUT2D eigenvalue weighted by Crippen LogP contribution is 2.38. The minimum Gasteiger partial charge on any atom is -0.504 e. The number of benzene rings is 2. The van der Waals surface area contributed by atoms with E-state index in [0.717, 1.165) is 16.7 Å². The number of phenolic OH excluding ortho intramolecular Hbond substituents is 1. The molecular weight excluding hydrogens is 362 g/mol. The zero-order valence-corrected chi connectivity index (χ0v) is 15.8. The Labute approximate surface area is 161 Å². The Hall–Kier alpha value is -3.12. The highest BCUT2D eigenvalue weighted by atomic mass is 32.1. The van der Waals surface area contributed by atoms with Crippen LogP contribution in [0.4, 0.5) is 5.00 Å². The second-order valence-electron chi connectivity index (χ2n) is 5.61.